The lowest BCUT2D eigenvalue weighted by Crippen LogP contribution is -2.29. The summed E-state index contributed by atoms with van der Waals surface area (Å²) in [4.78, 5) is 0. The number of hydrogen-bond acceptors (Lipinski definition) is 3. The van der Waals surface area contributed by atoms with Gasteiger partial charge in [0.05, 0.1) is 7.11 Å². The van der Waals surface area contributed by atoms with Crippen molar-refractivity contribution in [2.24, 2.45) is 11.8 Å². The molecule has 0 aliphatic heterocycles. The summed E-state index contributed by atoms with van der Waals surface area (Å²) in [6.45, 7) is 3.47. The van der Waals surface area contributed by atoms with Crippen LogP contribution in [0.15, 0.2) is 24.3 Å². The van der Waals surface area contributed by atoms with E-state index in [1.807, 2.05) is 12.1 Å². The SMILES string of the molecule is CCC(CCO)CNC(c1ccc(OC)cc1)C1CC1. The number of nitrogens with one attached hydrogen (secondary N) is 1. The second kappa shape index (κ2) is 7.65. The van der Waals surface area contributed by atoms with Gasteiger partial charge in [0.1, 0.15) is 5.75 Å². The summed E-state index contributed by atoms with van der Waals surface area (Å²) in [5, 5.41) is 12.8. The molecule has 3 heteroatoms. The molecule has 2 rings (SSSR count). The van der Waals surface area contributed by atoms with Gasteiger partial charge in [0.15, 0.2) is 0 Å². The van der Waals surface area contributed by atoms with Gasteiger partial charge in [-0.2, -0.15) is 0 Å². The minimum absolute atomic E-state index is 0.289. The summed E-state index contributed by atoms with van der Waals surface area (Å²) in [6, 6.07) is 8.87. The molecule has 0 spiro atoms. The van der Waals surface area contributed by atoms with Crippen molar-refractivity contribution >= 4 is 0 Å². The van der Waals surface area contributed by atoms with E-state index in [1.165, 1.54) is 18.4 Å². The first-order valence-corrected chi connectivity index (χ1v) is 7.76. The molecule has 1 aliphatic rings. The Bertz CT molecular complexity index is 386. The van der Waals surface area contributed by atoms with Gasteiger partial charge in [-0.3, -0.25) is 0 Å². The molecule has 1 aliphatic carbocycles. The minimum Gasteiger partial charge on any atom is -0.497 e. The van der Waals surface area contributed by atoms with Crippen LogP contribution in [0.5, 0.6) is 5.75 Å². The summed E-state index contributed by atoms with van der Waals surface area (Å²) < 4.78 is 5.22. The quantitative estimate of drug-likeness (QED) is 0.728. The van der Waals surface area contributed by atoms with Gasteiger partial charge < -0.3 is 15.2 Å². The Hall–Kier alpha value is -1.06. The van der Waals surface area contributed by atoms with Crippen molar-refractivity contribution in [1.29, 1.82) is 0 Å². The molecule has 1 fully saturated rings. The normalized spacial score (nSPS) is 17.8. The summed E-state index contributed by atoms with van der Waals surface area (Å²) in [5.41, 5.74) is 1.35. The van der Waals surface area contributed by atoms with E-state index >= 15 is 0 Å². The van der Waals surface area contributed by atoms with Gasteiger partial charge in [-0.05, 0) is 55.3 Å². The zero-order chi connectivity index (χ0) is 14.4. The zero-order valence-electron chi connectivity index (χ0n) is 12.6. The van der Waals surface area contributed by atoms with Crippen LogP contribution in [0.3, 0.4) is 0 Å². The predicted octanol–water partition coefficient (Wildman–Crippen LogP) is 3.14. The molecule has 0 bridgehead atoms. The number of rotatable bonds is 9. The summed E-state index contributed by atoms with van der Waals surface area (Å²) in [6.07, 6.45) is 4.65. The Morgan fingerprint density at radius 1 is 1.30 bits per heavy atom. The van der Waals surface area contributed by atoms with Crippen molar-refractivity contribution in [2.75, 3.05) is 20.3 Å². The highest BCUT2D eigenvalue weighted by Gasteiger charge is 2.32. The van der Waals surface area contributed by atoms with Gasteiger partial charge in [-0.15, -0.1) is 0 Å². The second-order valence-corrected chi connectivity index (χ2v) is 5.78. The Morgan fingerprint density at radius 3 is 2.50 bits per heavy atom. The minimum atomic E-state index is 0.289. The third kappa shape index (κ3) is 4.22. The van der Waals surface area contributed by atoms with E-state index in [-0.39, 0.29) is 6.61 Å². The smallest absolute Gasteiger partial charge is 0.118 e. The van der Waals surface area contributed by atoms with E-state index < -0.39 is 0 Å². The van der Waals surface area contributed by atoms with E-state index in [0.717, 1.165) is 31.1 Å². The fraction of sp³-hybridized carbons (Fsp3) is 0.647. The summed E-state index contributed by atoms with van der Waals surface area (Å²) in [7, 11) is 1.70. The highest BCUT2D eigenvalue weighted by Crippen LogP contribution is 2.41. The Labute approximate surface area is 122 Å². The molecule has 1 saturated carbocycles. The molecule has 112 valence electrons. The van der Waals surface area contributed by atoms with Crippen molar-refractivity contribution < 1.29 is 9.84 Å². The summed E-state index contributed by atoms with van der Waals surface area (Å²) in [5.74, 6) is 2.25. The van der Waals surface area contributed by atoms with Crippen LogP contribution in [-0.2, 0) is 0 Å². The van der Waals surface area contributed by atoms with E-state index in [9.17, 15) is 0 Å². The molecule has 1 aromatic carbocycles. The van der Waals surface area contributed by atoms with Crippen LogP contribution in [0.2, 0.25) is 0 Å². The van der Waals surface area contributed by atoms with Crippen LogP contribution in [0.25, 0.3) is 0 Å². The maximum Gasteiger partial charge on any atom is 0.118 e. The zero-order valence-corrected chi connectivity index (χ0v) is 12.6. The second-order valence-electron chi connectivity index (χ2n) is 5.78. The molecule has 0 amide bonds. The van der Waals surface area contributed by atoms with E-state index in [0.29, 0.717) is 12.0 Å². The van der Waals surface area contributed by atoms with Gasteiger partial charge in [0, 0.05) is 12.6 Å². The monoisotopic (exact) mass is 277 g/mol. The molecule has 0 saturated heterocycles. The lowest BCUT2D eigenvalue weighted by Gasteiger charge is -2.22. The molecule has 2 unspecified atom stereocenters. The van der Waals surface area contributed by atoms with Gasteiger partial charge in [0.25, 0.3) is 0 Å². The number of benzene rings is 1. The average Bonchev–Trinajstić information content (AvgIpc) is 3.31. The third-order valence-corrected chi connectivity index (χ3v) is 4.31. The largest absolute Gasteiger partial charge is 0.497 e. The van der Waals surface area contributed by atoms with Crippen LogP contribution in [0.1, 0.15) is 44.2 Å². The van der Waals surface area contributed by atoms with E-state index in [1.54, 1.807) is 7.11 Å². The number of aliphatic hydroxyl groups is 1. The van der Waals surface area contributed by atoms with Crippen LogP contribution < -0.4 is 10.1 Å². The fourth-order valence-electron chi connectivity index (χ4n) is 2.72. The first-order chi connectivity index (χ1) is 9.78. The van der Waals surface area contributed by atoms with Gasteiger partial charge in [-0.1, -0.05) is 25.5 Å². The highest BCUT2D eigenvalue weighted by atomic mass is 16.5. The van der Waals surface area contributed by atoms with E-state index in [2.05, 4.69) is 24.4 Å². The molecule has 2 atom stereocenters. The van der Waals surface area contributed by atoms with Crippen LogP contribution in [0.4, 0.5) is 0 Å². The molecular weight excluding hydrogens is 250 g/mol. The van der Waals surface area contributed by atoms with Crippen molar-refractivity contribution in [3.63, 3.8) is 0 Å². The standard InChI is InChI=1S/C17H27NO2/c1-3-13(10-11-19)12-18-17(14-4-5-14)15-6-8-16(20-2)9-7-15/h6-9,13-14,17-19H,3-5,10-12H2,1-2H3. The molecule has 2 N–H and O–H groups in total. The topological polar surface area (TPSA) is 41.5 Å². The van der Waals surface area contributed by atoms with E-state index in [4.69, 9.17) is 9.84 Å². The lowest BCUT2D eigenvalue weighted by atomic mass is 9.99. The fourth-order valence-corrected chi connectivity index (χ4v) is 2.72. The van der Waals surface area contributed by atoms with Crippen molar-refractivity contribution in [2.45, 2.75) is 38.6 Å². The number of hydrogen-bond donors (Lipinski definition) is 2. The highest BCUT2D eigenvalue weighted by molar-refractivity contribution is 5.30. The third-order valence-electron chi connectivity index (χ3n) is 4.31. The number of methoxy groups -OCH3 is 1. The van der Waals surface area contributed by atoms with Crippen molar-refractivity contribution in [1.82, 2.24) is 5.32 Å². The first kappa shape index (κ1) is 15.3. The van der Waals surface area contributed by atoms with Gasteiger partial charge >= 0.3 is 0 Å². The van der Waals surface area contributed by atoms with Gasteiger partial charge in [-0.25, -0.2) is 0 Å². The Balaban J connectivity index is 1.95. The first-order valence-electron chi connectivity index (χ1n) is 7.76. The lowest BCUT2D eigenvalue weighted by molar-refractivity contribution is 0.247. The molecule has 1 aromatic rings. The number of aliphatic hydroxyl groups excluding tert-OH is 1. The van der Waals surface area contributed by atoms with Crippen LogP contribution in [0, 0.1) is 11.8 Å². The number of ether oxygens (including phenoxy) is 1. The van der Waals surface area contributed by atoms with Crippen LogP contribution in [-0.4, -0.2) is 25.4 Å². The maximum absolute atomic E-state index is 9.09. The summed E-state index contributed by atoms with van der Waals surface area (Å²) >= 11 is 0. The maximum atomic E-state index is 9.09. The van der Waals surface area contributed by atoms with Crippen LogP contribution >= 0.6 is 0 Å². The molecule has 0 radical (unpaired) electrons. The van der Waals surface area contributed by atoms with Gasteiger partial charge in [0.2, 0.25) is 0 Å². The average molecular weight is 277 g/mol. The Morgan fingerprint density at radius 2 is 2.00 bits per heavy atom. The molecule has 0 aromatic heterocycles. The molecular formula is C17H27NO2. The van der Waals surface area contributed by atoms with Crippen molar-refractivity contribution in [3.8, 4) is 5.75 Å². The molecule has 3 nitrogen and oxygen atoms in total. The molecule has 0 heterocycles. The van der Waals surface area contributed by atoms with Crippen molar-refractivity contribution in [3.05, 3.63) is 29.8 Å². The molecule has 20 heavy (non-hydrogen) atoms. The predicted molar refractivity (Wildman–Crippen MR) is 81.9 cm³/mol. The Kier molecular flexibility index (Phi) is 5.86.